The van der Waals surface area contributed by atoms with E-state index in [2.05, 4.69) is 0 Å². The summed E-state index contributed by atoms with van der Waals surface area (Å²) >= 11 is 0. The second-order valence-electron chi connectivity index (χ2n) is 3.99. The molecule has 1 aliphatic rings. The van der Waals surface area contributed by atoms with Crippen LogP contribution in [0.25, 0.3) is 0 Å². The third-order valence-corrected chi connectivity index (χ3v) is 3.05. The minimum absolute atomic E-state index is 0.0837. The van der Waals surface area contributed by atoms with Crippen molar-refractivity contribution in [2.24, 2.45) is 11.7 Å². The quantitative estimate of drug-likeness (QED) is 0.810. The molecule has 0 aromatic heterocycles. The molecule has 1 aromatic rings. The first-order valence-corrected chi connectivity index (χ1v) is 5.52. The van der Waals surface area contributed by atoms with E-state index in [1.54, 1.807) is 0 Å². The van der Waals surface area contributed by atoms with Crippen LogP contribution in [-0.2, 0) is 0 Å². The number of aliphatic hydroxyl groups is 1. The highest BCUT2D eigenvalue weighted by Gasteiger charge is 2.20. The first kappa shape index (κ1) is 11.2. The maximum atomic E-state index is 9.22. The Morgan fingerprint density at radius 2 is 2.12 bits per heavy atom. The molecule has 0 aliphatic carbocycles. The Bertz CT molecular complexity index is 363. The number of hydrogen-bond acceptors (Lipinski definition) is 4. The average molecular weight is 223 g/mol. The topological polar surface area (TPSA) is 64.7 Å². The monoisotopic (exact) mass is 223 g/mol. The van der Waals surface area contributed by atoms with Crippen molar-refractivity contribution in [3.8, 4) is 11.5 Å². The molecule has 0 saturated carbocycles. The van der Waals surface area contributed by atoms with Crippen molar-refractivity contribution in [3.05, 3.63) is 23.8 Å². The van der Waals surface area contributed by atoms with Crippen LogP contribution in [0, 0.1) is 5.92 Å². The van der Waals surface area contributed by atoms with E-state index in [1.807, 2.05) is 25.1 Å². The molecule has 0 spiro atoms. The van der Waals surface area contributed by atoms with Crippen molar-refractivity contribution in [1.82, 2.24) is 0 Å². The Kier molecular flexibility index (Phi) is 3.31. The number of hydrogen-bond donors (Lipinski definition) is 2. The van der Waals surface area contributed by atoms with Crippen molar-refractivity contribution in [1.29, 1.82) is 0 Å². The van der Waals surface area contributed by atoms with Crippen LogP contribution in [0.5, 0.6) is 11.5 Å². The number of fused-ring (bicyclic) bond motifs is 1. The smallest absolute Gasteiger partial charge is 0.231 e. The zero-order valence-corrected chi connectivity index (χ0v) is 9.35. The number of rotatable bonds is 4. The average Bonchev–Trinajstić information content (AvgIpc) is 2.77. The summed E-state index contributed by atoms with van der Waals surface area (Å²) in [6, 6.07) is 5.52. The molecule has 1 aliphatic heterocycles. The van der Waals surface area contributed by atoms with Crippen LogP contribution in [0.2, 0.25) is 0 Å². The fraction of sp³-hybridized carbons (Fsp3) is 0.500. The molecule has 4 heteroatoms. The van der Waals surface area contributed by atoms with Gasteiger partial charge in [0.05, 0.1) is 0 Å². The van der Waals surface area contributed by atoms with E-state index in [9.17, 15) is 5.11 Å². The Balaban J connectivity index is 2.20. The highest BCUT2D eigenvalue weighted by Crippen LogP contribution is 2.35. The van der Waals surface area contributed by atoms with E-state index in [-0.39, 0.29) is 25.4 Å². The second kappa shape index (κ2) is 4.72. The van der Waals surface area contributed by atoms with Gasteiger partial charge in [0, 0.05) is 18.6 Å². The van der Waals surface area contributed by atoms with Crippen molar-refractivity contribution in [3.63, 3.8) is 0 Å². The lowest BCUT2D eigenvalue weighted by molar-refractivity contribution is 0.173. The maximum Gasteiger partial charge on any atom is 0.231 e. The summed E-state index contributed by atoms with van der Waals surface area (Å²) in [7, 11) is 0. The van der Waals surface area contributed by atoms with Gasteiger partial charge in [-0.05, 0) is 24.1 Å². The van der Waals surface area contributed by atoms with Crippen LogP contribution in [-0.4, -0.2) is 18.5 Å². The molecule has 16 heavy (non-hydrogen) atoms. The molecule has 1 aromatic carbocycles. The van der Waals surface area contributed by atoms with Crippen LogP contribution >= 0.6 is 0 Å². The molecule has 88 valence electrons. The van der Waals surface area contributed by atoms with Gasteiger partial charge in [0.15, 0.2) is 11.5 Å². The van der Waals surface area contributed by atoms with Crippen LogP contribution in [0.3, 0.4) is 0 Å². The van der Waals surface area contributed by atoms with Gasteiger partial charge in [-0.15, -0.1) is 0 Å². The Morgan fingerprint density at radius 3 is 2.81 bits per heavy atom. The lowest BCUT2D eigenvalue weighted by Gasteiger charge is -2.20. The van der Waals surface area contributed by atoms with Gasteiger partial charge in [-0.25, -0.2) is 0 Å². The van der Waals surface area contributed by atoms with E-state index in [4.69, 9.17) is 15.2 Å². The molecule has 0 radical (unpaired) electrons. The van der Waals surface area contributed by atoms with Gasteiger partial charge in [0.25, 0.3) is 0 Å². The molecule has 2 unspecified atom stereocenters. The molecule has 0 bridgehead atoms. The Morgan fingerprint density at radius 1 is 1.38 bits per heavy atom. The van der Waals surface area contributed by atoms with Gasteiger partial charge in [0.1, 0.15) is 0 Å². The van der Waals surface area contributed by atoms with E-state index < -0.39 is 0 Å². The second-order valence-corrected chi connectivity index (χ2v) is 3.99. The fourth-order valence-corrected chi connectivity index (χ4v) is 1.89. The molecule has 1 heterocycles. The largest absolute Gasteiger partial charge is 0.454 e. The molecule has 0 saturated heterocycles. The number of nitrogens with two attached hydrogens (primary N) is 1. The van der Waals surface area contributed by atoms with Gasteiger partial charge >= 0.3 is 0 Å². The third-order valence-electron chi connectivity index (χ3n) is 3.05. The van der Waals surface area contributed by atoms with Crippen molar-refractivity contribution >= 4 is 0 Å². The zero-order valence-electron chi connectivity index (χ0n) is 9.35. The molecule has 2 atom stereocenters. The first-order chi connectivity index (χ1) is 7.76. The van der Waals surface area contributed by atoms with E-state index in [0.717, 1.165) is 23.5 Å². The Labute approximate surface area is 95.0 Å². The summed E-state index contributed by atoms with van der Waals surface area (Å²) in [6.07, 6.45) is 0.853. The maximum absolute atomic E-state index is 9.22. The summed E-state index contributed by atoms with van der Waals surface area (Å²) in [4.78, 5) is 0. The molecule has 4 nitrogen and oxygen atoms in total. The Hall–Kier alpha value is -1.26. The normalized spacial score (nSPS) is 17.2. The van der Waals surface area contributed by atoms with Crippen LogP contribution < -0.4 is 15.2 Å². The summed E-state index contributed by atoms with van der Waals surface area (Å²) in [5, 5.41) is 9.22. The minimum Gasteiger partial charge on any atom is -0.454 e. The molecule has 3 N–H and O–H groups in total. The third kappa shape index (κ3) is 1.99. The first-order valence-electron chi connectivity index (χ1n) is 5.52. The highest BCUT2D eigenvalue weighted by molar-refractivity contribution is 5.45. The van der Waals surface area contributed by atoms with E-state index in [1.165, 1.54) is 0 Å². The van der Waals surface area contributed by atoms with Gasteiger partial charge in [0.2, 0.25) is 6.79 Å². The van der Waals surface area contributed by atoms with Crippen molar-refractivity contribution in [2.45, 2.75) is 19.4 Å². The van der Waals surface area contributed by atoms with Gasteiger partial charge in [-0.2, -0.15) is 0 Å². The summed E-state index contributed by atoms with van der Waals surface area (Å²) in [6.45, 7) is 2.39. The van der Waals surface area contributed by atoms with Gasteiger partial charge < -0.3 is 20.3 Å². The van der Waals surface area contributed by atoms with Crippen LogP contribution in [0.4, 0.5) is 0 Å². The lowest BCUT2D eigenvalue weighted by atomic mass is 9.92. The molecule has 2 rings (SSSR count). The number of ether oxygens (including phenoxy) is 2. The summed E-state index contributed by atoms with van der Waals surface area (Å²) in [5.74, 6) is 1.58. The summed E-state index contributed by atoms with van der Waals surface area (Å²) in [5.41, 5.74) is 7.07. The number of benzene rings is 1. The van der Waals surface area contributed by atoms with Crippen molar-refractivity contribution < 1.29 is 14.6 Å². The fourth-order valence-electron chi connectivity index (χ4n) is 1.89. The molecular weight excluding hydrogens is 206 g/mol. The van der Waals surface area contributed by atoms with Gasteiger partial charge in [-0.1, -0.05) is 13.0 Å². The van der Waals surface area contributed by atoms with E-state index in [0.29, 0.717) is 0 Å². The predicted molar refractivity (Wildman–Crippen MR) is 60.4 cm³/mol. The highest BCUT2D eigenvalue weighted by atomic mass is 16.7. The number of aliphatic hydroxyl groups excluding tert-OH is 1. The minimum atomic E-state index is -0.163. The molecular formula is C12H17NO3. The molecule has 0 fully saturated rings. The van der Waals surface area contributed by atoms with Crippen molar-refractivity contribution in [2.75, 3.05) is 13.4 Å². The van der Waals surface area contributed by atoms with Crippen LogP contribution in [0.1, 0.15) is 24.9 Å². The summed E-state index contributed by atoms with van der Waals surface area (Å²) < 4.78 is 10.5. The zero-order chi connectivity index (χ0) is 11.5. The van der Waals surface area contributed by atoms with Crippen LogP contribution in [0.15, 0.2) is 18.2 Å². The molecule has 0 amide bonds. The SMILES string of the molecule is CCC(CO)C(N)c1ccc2c(c1)OCO2. The standard InChI is InChI=1S/C12H17NO3/c1-2-8(6-14)12(13)9-3-4-10-11(5-9)16-7-15-10/h3-5,8,12,14H,2,6-7,13H2,1H3. The van der Waals surface area contributed by atoms with E-state index >= 15 is 0 Å². The van der Waals surface area contributed by atoms with Gasteiger partial charge in [-0.3, -0.25) is 0 Å². The lowest BCUT2D eigenvalue weighted by Crippen LogP contribution is -2.23. The predicted octanol–water partition coefficient (Wildman–Crippen LogP) is 1.43.